The van der Waals surface area contributed by atoms with E-state index in [0.29, 0.717) is 12.8 Å². The van der Waals surface area contributed by atoms with Gasteiger partial charge in [0.05, 0.1) is 12.3 Å². The highest BCUT2D eigenvalue weighted by Crippen LogP contribution is 2.23. The van der Waals surface area contributed by atoms with Crippen molar-refractivity contribution in [2.75, 3.05) is 17.9 Å². The van der Waals surface area contributed by atoms with Gasteiger partial charge in [-0.1, -0.05) is 12.5 Å². The average molecular weight is 306 g/mol. The Labute approximate surface area is 116 Å². The van der Waals surface area contributed by atoms with E-state index in [1.807, 2.05) is 4.72 Å². The number of aliphatic hydroxyl groups is 1. The second-order valence-electron chi connectivity index (χ2n) is 4.65. The Morgan fingerprint density at radius 3 is 2.80 bits per heavy atom. The first kappa shape index (κ1) is 15.1. The second kappa shape index (κ2) is 6.02. The largest absolute Gasteiger partial charge is 0.395 e. The molecule has 1 aliphatic rings. The van der Waals surface area contributed by atoms with E-state index in [9.17, 15) is 22.3 Å². The molecule has 1 heterocycles. The molecule has 0 spiro atoms. The van der Waals surface area contributed by atoms with E-state index in [4.69, 9.17) is 0 Å². The van der Waals surface area contributed by atoms with Crippen molar-refractivity contribution in [3.05, 3.63) is 29.8 Å². The van der Waals surface area contributed by atoms with Crippen LogP contribution in [-0.4, -0.2) is 37.0 Å². The molecule has 1 aromatic carbocycles. The minimum Gasteiger partial charge on any atom is -0.395 e. The molecular weight excluding hydrogens is 290 g/mol. The van der Waals surface area contributed by atoms with Crippen LogP contribution in [-0.2, 0) is 10.2 Å². The number of rotatable bonds is 4. The first-order valence-corrected chi connectivity index (χ1v) is 7.74. The highest BCUT2D eigenvalue weighted by molar-refractivity contribution is 7.90. The van der Waals surface area contributed by atoms with E-state index in [2.05, 4.69) is 0 Å². The van der Waals surface area contributed by atoms with Crippen LogP contribution in [0.3, 0.4) is 0 Å². The van der Waals surface area contributed by atoms with Crippen molar-refractivity contribution >= 4 is 15.9 Å². The zero-order valence-electron chi connectivity index (χ0n) is 10.7. The van der Waals surface area contributed by atoms with E-state index in [1.165, 1.54) is 6.07 Å². The Kier molecular flexibility index (Phi) is 4.56. The first-order chi connectivity index (χ1) is 9.45. The molecule has 1 aliphatic heterocycles. The van der Waals surface area contributed by atoms with Crippen LogP contribution in [0.15, 0.2) is 18.2 Å². The van der Waals surface area contributed by atoms with E-state index >= 15 is 0 Å². The molecule has 0 radical (unpaired) electrons. The highest BCUT2D eigenvalue weighted by atomic mass is 32.2. The highest BCUT2D eigenvalue weighted by Gasteiger charge is 2.32. The summed E-state index contributed by atoms with van der Waals surface area (Å²) in [4.78, 5) is 0. The Balaban J connectivity index is 2.24. The minimum absolute atomic E-state index is 0.248. The van der Waals surface area contributed by atoms with E-state index in [-0.39, 0.29) is 13.2 Å². The van der Waals surface area contributed by atoms with Crippen molar-refractivity contribution in [3.8, 4) is 0 Å². The topological polar surface area (TPSA) is 69.6 Å². The lowest BCUT2D eigenvalue weighted by Gasteiger charge is -2.33. The van der Waals surface area contributed by atoms with Crippen LogP contribution in [0.5, 0.6) is 0 Å². The molecule has 5 nitrogen and oxygen atoms in total. The number of aliphatic hydroxyl groups excluding tert-OH is 1. The molecule has 1 unspecified atom stereocenters. The molecule has 0 bridgehead atoms. The zero-order valence-corrected chi connectivity index (χ0v) is 11.5. The molecule has 0 aromatic heterocycles. The van der Waals surface area contributed by atoms with Crippen molar-refractivity contribution in [1.82, 2.24) is 4.31 Å². The lowest BCUT2D eigenvalue weighted by molar-refractivity contribution is 0.156. The van der Waals surface area contributed by atoms with Crippen molar-refractivity contribution < 1.29 is 22.3 Å². The Morgan fingerprint density at radius 1 is 1.35 bits per heavy atom. The van der Waals surface area contributed by atoms with E-state index < -0.39 is 33.6 Å². The van der Waals surface area contributed by atoms with Crippen LogP contribution < -0.4 is 4.72 Å². The summed E-state index contributed by atoms with van der Waals surface area (Å²) in [6.07, 6.45) is 2.04. The van der Waals surface area contributed by atoms with Gasteiger partial charge in [-0.15, -0.1) is 0 Å². The first-order valence-electron chi connectivity index (χ1n) is 6.30. The number of hydrogen-bond acceptors (Lipinski definition) is 3. The fourth-order valence-corrected chi connectivity index (χ4v) is 3.74. The van der Waals surface area contributed by atoms with Gasteiger partial charge in [0.15, 0.2) is 11.6 Å². The van der Waals surface area contributed by atoms with Crippen LogP contribution in [0.25, 0.3) is 0 Å². The van der Waals surface area contributed by atoms with Gasteiger partial charge in [0.2, 0.25) is 0 Å². The van der Waals surface area contributed by atoms with E-state index in [0.717, 1.165) is 22.9 Å². The molecule has 2 N–H and O–H groups in total. The summed E-state index contributed by atoms with van der Waals surface area (Å²) in [5.41, 5.74) is -0.438. The van der Waals surface area contributed by atoms with Gasteiger partial charge in [-0.3, -0.25) is 4.72 Å². The van der Waals surface area contributed by atoms with E-state index in [1.54, 1.807) is 0 Å². The number of piperidine rings is 1. The molecule has 1 aromatic rings. The summed E-state index contributed by atoms with van der Waals surface area (Å²) >= 11 is 0. The SMILES string of the molecule is O=S(=O)(Nc1cccc(F)c1F)N1CCCCC1CO. The molecule has 0 saturated carbocycles. The molecular formula is C12H16F2N2O3S. The average Bonchev–Trinajstić information content (AvgIpc) is 2.43. The third-order valence-corrected chi connectivity index (χ3v) is 4.86. The van der Waals surface area contributed by atoms with Crippen LogP contribution in [0.2, 0.25) is 0 Å². The Morgan fingerprint density at radius 2 is 2.10 bits per heavy atom. The van der Waals surface area contributed by atoms with Crippen LogP contribution in [0, 0.1) is 11.6 Å². The summed E-state index contributed by atoms with van der Waals surface area (Å²) in [7, 11) is -4.02. The maximum Gasteiger partial charge on any atom is 0.302 e. The monoisotopic (exact) mass is 306 g/mol. The van der Waals surface area contributed by atoms with Gasteiger partial charge in [-0.2, -0.15) is 12.7 Å². The molecule has 1 saturated heterocycles. The molecule has 1 fully saturated rings. The Bertz CT molecular complexity index is 580. The van der Waals surface area contributed by atoms with Gasteiger partial charge in [0, 0.05) is 12.6 Å². The standard InChI is InChI=1S/C12H16F2N2O3S/c13-10-5-3-6-11(12(10)14)15-20(18,19)16-7-2-1-4-9(16)8-17/h3,5-6,9,15,17H,1-2,4,7-8H2. The summed E-state index contributed by atoms with van der Waals surface area (Å²) in [5.74, 6) is -2.36. The van der Waals surface area contributed by atoms with Crippen molar-refractivity contribution in [3.63, 3.8) is 0 Å². The Hall–Kier alpha value is -1.25. The molecule has 0 aliphatic carbocycles. The molecule has 1 atom stereocenters. The lowest BCUT2D eigenvalue weighted by Crippen LogP contribution is -2.48. The number of benzene rings is 1. The molecule has 0 amide bonds. The number of hydrogen-bond donors (Lipinski definition) is 2. The minimum atomic E-state index is -4.02. The number of halogens is 2. The van der Waals surface area contributed by atoms with Crippen LogP contribution in [0.4, 0.5) is 14.5 Å². The third-order valence-electron chi connectivity index (χ3n) is 3.28. The number of anilines is 1. The second-order valence-corrected chi connectivity index (χ2v) is 6.27. The lowest BCUT2D eigenvalue weighted by atomic mass is 10.1. The summed E-state index contributed by atoms with van der Waals surface area (Å²) in [5, 5.41) is 9.22. The van der Waals surface area contributed by atoms with Gasteiger partial charge >= 0.3 is 10.2 Å². The quantitative estimate of drug-likeness (QED) is 0.885. The van der Waals surface area contributed by atoms with Gasteiger partial charge in [0.1, 0.15) is 0 Å². The van der Waals surface area contributed by atoms with Crippen molar-refractivity contribution in [2.45, 2.75) is 25.3 Å². The molecule has 8 heteroatoms. The van der Waals surface area contributed by atoms with Gasteiger partial charge in [0.25, 0.3) is 0 Å². The van der Waals surface area contributed by atoms with Crippen molar-refractivity contribution in [2.24, 2.45) is 0 Å². The van der Waals surface area contributed by atoms with Gasteiger partial charge < -0.3 is 5.11 Å². The van der Waals surface area contributed by atoms with Gasteiger partial charge in [-0.25, -0.2) is 8.78 Å². The number of nitrogens with one attached hydrogen (secondary N) is 1. The maximum atomic E-state index is 13.5. The third kappa shape index (κ3) is 3.08. The van der Waals surface area contributed by atoms with Gasteiger partial charge in [-0.05, 0) is 25.0 Å². The zero-order chi connectivity index (χ0) is 14.8. The van der Waals surface area contributed by atoms with Crippen LogP contribution in [0.1, 0.15) is 19.3 Å². The predicted molar refractivity (Wildman–Crippen MR) is 70.3 cm³/mol. The summed E-state index contributed by atoms with van der Waals surface area (Å²) < 4.78 is 54.1. The molecule has 20 heavy (non-hydrogen) atoms. The fourth-order valence-electron chi connectivity index (χ4n) is 2.25. The van der Waals surface area contributed by atoms with Crippen LogP contribution >= 0.6 is 0 Å². The number of nitrogens with zero attached hydrogens (tertiary/aromatic N) is 1. The normalized spacial score (nSPS) is 20.9. The smallest absolute Gasteiger partial charge is 0.302 e. The predicted octanol–water partition coefficient (Wildman–Crippen LogP) is 1.47. The van der Waals surface area contributed by atoms with Crippen molar-refractivity contribution in [1.29, 1.82) is 0 Å². The maximum absolute atomic E-state index is 13.5. The summed E-state index contributed by atoms with van der Waals surface area (Å²) in [6.45, 7) is -0.0515. The molecule has 2 rings (SSSR count). The summed E-state index contributed by atoms with van der Waals surface area (Å²) in [6, 6.07) is 2.74. The fraction of sp³-hybridized carbons (Fsp3) is 0.500. The molecule has 112 valence electrons.